The molecule has 0 bridgehead atoms. The lowest BCUT2D eigenvalue weighted by atomic mass is 10.1. The summed E-state index contributed by atoms with van der Waals surface area (Å²) in [6.45, 7) is -0.0865. The summed E-state index contributed by atoms with van der Waals surface area (Å²) in [6, 6.07) is 4.35. The highest BCUT2D eigenvalue weighted by atomic mass is 32.2. The van der Waals surface area contributed by atoms with E-state index < -0.39 is 27.1 Å². The molecule has 0 fully saturated rings. The van der Waals surface area contributed by atoms with Gasteiger partial charge in [0, 0.05) is 5.56 Å². The monoisotopic (exact) mass is 293 g/mol. The van der Waals surface area contributed by atoms with Crippen molar-refractivity contribution in [1.29, 1.82) is 0 Å². The highest BCUT2D eigenvalue weighted by Crippen LogP contribution is 2.28. The van der Waals surface area contributed by atoms with Crippen molar-refractivity contribution in [2.24, 2.45) is 0 Å². The number of benzene rings is 1. The van der Waals surface area contributed by atoms with Crippen LogP contribution in [0, 0.1) is 12.3 Å². The molecule has 7 heteroatoms. The van der Waals surface area contributed by atoms with Crippen LogP contribution >= 0.6 is 0 Å². The number of rotatable bonds is 4. The highest BCUT2D eigenvalue weighted by Gasteiger charge is 2.21. The molecular formula is C13H11NO5S. The van der Waals surface area contributed by atoms with Crippen molar-refractivity contribution in [3.8, 4) is 18.1 Å². The van der Waals surface area contributed by atoms with Gasteiger partial charge in [0.1, 0.15) is 17.3 Å². The Morgan fingerprint density at radius 2 is 2.20 bits per heavy atom. The van der Waals surface area contributed by atoms with Crippen molar-refractivity contribution < 1.29 is 22.7 Å². The Morgan fingerprint density at radius 3 is 2.90 bits per heavy atom. The Hall–Kier alpha value is -2.33. The number of hydrogen-bond donors (Lipinski definition) is 1. The molecule has 1 N–H and O–H groups in total. The van der Waals surface area contributed by atoms with Crippen molar-refractivity contribution >= 4 is 27.2 Å². The maximum Gasteiger partial charge on any atom is 0.262 e. The van der Waals surface area contributed by atoms with Crippen molar-refractivity contribution in [3.05, 3.63) is 23.8 Å². The van der Waals surface area contributed by atoms with Crippen molar-refractivity contribution in [2.45, 2.75) is 0 Å². The first-order valence-electron chi connectivity index (χ1n) is 5.65. The maximum atomic E-state index is 11.9. The molecule has 20 heavy (non-hydrogen) atoms. The van der Waals surface area contributed by atoms with Gasteiger partial charge in [-0.15, -0.1) is 6.42 Å². The number of ether oxygens (including phenoxy) is 1. The molecule has 1 aliphatic heterocycles. The number of carbonyl (C=O) groups excluding carboxylic acids is 2. The smallest absolute Gasteiger partial charge is 0.262 e. The lowest BCUT2D eigenvalue weighted by molar-refractivity contribution is -0.118. The third-order valence-corrected chi connectivity index (χ3v) is 3.90. The van der Waals surface area contributed by atoms with Crippen molar-refractivity contribution in [1.82, 2.24) is 0 Å². The highest BCUT2D eigenvalue weighted by molar-refractivity contribution is 7.92. The molecule has 1 amide bonds. The summed E-state index contributed by atoms with van der Waals surface area (Å²) >= 11 is 0. The zero-order valence-corrected chi connectivity index (χ0v) is 11.2. The second-order valence-corrected chi connectivity index (χ2v) is 6.27. The lowest BCUT2D eigenvalue weighted by Gasteiger charge is -2.18. The van der Waals surface area contributed by atoms with Crippen LogP contribution in [-0.4, -0.2) is 38.2 Å². The summed E-state index contributed by atoms with van der Waals surface area (Å²) in [5, 5.41) is 2.55. The maximum absolute atomic E-state index is 11.9. The fourth-order valence-electron chi connectivity index (χ4n) is 1.72. The summed E-state index contributed by atoms with van der Waals surface area (Å²) in [7, 11) is -3.62. The van der Waals surface area contributed by atoms with Gasteiger partial charge in [0.25, 0.3) is 5.91 Å². The van der Waals surface area contributed by atoms with E-state index >= 15 is 0 Å². The van der Waals surface area contributed by atoms with Gasteiger partial charge in [-0.1, -0.05) is 5.92 Å². The Kier molecular flexibility index (Phi) is 3.77. The zero-order valence-electron chi connectivity index (χ0n) is 10.4. The van der Waals surface area contributed by atoms with Crippen LogP contribution in [0.2, 0.25) is 0 Å². The molecular weight excluding hydrogens is 282 g/mol. The van der Waals surface area contributed by atoms with Crippen LogP contribution in [-0.2, 0) is 14.6 Å². The molecule has 2 rings (SSSR count). The molecule has 0 aromatic heterocycles. The Bertz CT molecular complexity index is 715. The number of Topliss-reactive ketones (excluding diaryl/α,β-unsaturated/α-hetero) is 1. The van der Waals surface area contributed by atoms with Crippen LogP contribution < -0.4 is 10.1 Å². The molecule has 0 aliphatic carbocycles. The second-order valence-electron chi connectivity index (χ2n) is 4.21. The molecule has 104 valence electrons. The Labute approximate surface area is 116 Å². The van der Waals surface area contributed by atoms with Crippen LogP contribution in [0.15, 0.2) is 18.2 Å². The molecule has 0 unspecified atom stereocenters. The van der Waals surface area contributed by atoms with E-state index in [4.69, 9.17) is 11.2 Å². The second kappa shape index (κ2) is 5.35. The standard InChI is InChI=1S/C13H11NO5S/c1-2-5-20(17,18)8-11(15)9-3-4-12-10(6-9)14-13(16)7-19-12/h1,3-4,6H,5,7-8H2,(H,14,16). The topological polar surface area (TPSA) is 89.5 Å². The first-order valence-corrected chi connectivity index (χ1v) is 7.47. The summed E-state index contributed by atoms with van der Waals surface area (Å²) in [5.41, 5.74) is 0.525. The summed E-state index contributed by atoms with van der Waals surface area (Å²) in [4.78, 5) is 23.1. The van der Waals surface area contributed by atoms with E-state index in [2.05, 4.69) is 5.32 Å². The van der Waals surface area contributed by atoms with E-state index in [1.165, 1.54) is 18.2 Å². The van der Waals surface area contributed by atoms with E-state index in [0.717, 1.165) is 0 Å². The van der Waals surface area contributed by atoms with Gasteiger partial charge in [0.05, 0.1) is 5.69 Å². The fourth-order valence-corrected chi connectivity index (χ4v) is 2.64. The van der Waals surface area contributed by atoms with Gasteiger partial charge in [-0.3, -0.25) is 9.59 Å². The molecule has 1 heterocycles. The number of nitrogens with one attached hydrogen (secondary N) is 1. The minimum absolute atomic E-state index is 0.0865. The molecule has 1 aromatic rings. The van der Waals surface area contributed by atoms with Crippen LogP contribution in [0.25, 0.3) is 0 Å². The fraction of sp³-hybridized carbons (Fsp3) is 0.231. The Morgan fingerprint density at radius 1 is 1.45 bits per heavy atom. The average molecular weight is 293 g/mol. The van der Waals surface area contributed by atoms with Gasteiger partial charge < -0.3 is 10.1 Å². The minimum atomic E-state index is -3.62. The first kappa shape index (κ1) is 14.1. The summed E-state index contributed by atoms with van der Waals surface area (Å²) < 4.78 is 28.1. The van der Waals surface area contributed by atoms with Gasteiger partial charge in [-0.05, 0) is 18.2 Å². The number of anilines is 1. The third kappa shape index (κ3) is 3.16. The van der Waals surface area contributed by atoms with Gasteiger partial charge in [-0.25, -0.2) is 8.42 Å². The molecule has 1 aromatic carbocycles. The number of amides is 1. The van der Waals surface area contributed by atoms with E-state index in [9.17, 15) is 18.0 Å². The van der Waals surface area contributed by atoms with Crippen molar-refractivity contribution in [2.75, 3.05) is 23.4 Å². The van der Waals surface area contributed by atoms with Crippen molar-refractivity contribution in [3.63, 3.8) is 0 Å². The number of sulfone groups is 1. The van der Waals surface area contributed by atoms with Crippen LogP contribution in [0.4, 0.5) is 5.69 Å². The third-order valence-electron chi connectivity index (χ3n) is 2.59. The van der Waals surface area contributed by atoms with E-state index in [-0.39, 0.29) is 18.1 Å². The predicted octanol–water partition coefficient (Wildman–Crippen LogP) is 0.248. The molecule has 6 nitrogen and oxygen atoms in total. The van der Waals surface area contributed by atoms with E-state index in [1.54, 1.807) is 0 Å². The normalized spacial score (nSPS) is 13.7. The quantitative estimate of drug-likeness (QED) is 0.635. The number of terminal acetylenes is 1. The molecule has 0 saturated heterocycles. The van der Waals surface area contributed by atoms with E-state index in [1.807, 2.05) is 5.92 Å². The molecule has 0 atom stereocenters. The van der Waals surface area contributed by atoms with Crippen LogP contribution in [0.5, 0.6) is 5.75 Å². The number of hydrogen-bond acceptors (Lipinski definition) is 5. The van der Waals surface area contributed by atoms with Crippen LogP contribution in [0.1, 0.15) is 10.4 Å². The van der Waals surface area contributed by atoms with Gasteiger partial charge in [-0.2, -0.15) is 0 Å². The number of carbonyl (C=O) groups is 2. The van der Waals surface area contributed by atoms with Gasteiger partial charge in [0.2, 0.25) is 0 Å². The molecule has 0 radical (unpaired) electrons. The van der Waals surface area contributed by atoms with Gasteiger partial charge in [0.15, 0.2) is 22.2 Å². The zero-order chi connectivity index (χ0) is 14.8. The molecule has 1 aliphatic rings. The van der Waals surface area contributed by atoms with E-state index in [0.29, 0.717) is 11.4 Å². The minimum Gasteiger partial charge on any atom is -0.482 e. The first-order chi connectivity index (χ1) is 9.41. The predicted molar refractivity (Wildman–Crippen MR) is 72.4 cm³/mol. The Balaban J connectivity index is 2.22. The average Bonchev–Trinajstić information content (AvgIpc) is 2.37. The molecule has 0 spiro atoms. The SMILES string of the molecule is C#CCS(=O)(=O)CC(=O)c1ccc2c(c1)NC(=O)CO2. The van der Waals surface area contributed by atoms with Gasteiger partial charge >= 0.3 is 0 Å². The summed E-state index contributed by atoms with van der Waals surface area (Å²) in [6.07, 6.45) is 4.93. The summed E-state index contributed by atoms with van der Waals surface area (Å²) in [5.74, 6) is 0.384. The number of fused-ring (bicyclic) bond motifs is 1. The number of ketones is 1. The lowest BCUT2D eigenvalue weighted by Crippen LogP contribution is -2.26. The van der Waals surface area contributed by atoms with Crippen LogP contribution in [0.3, 0.4) is 0 Å². The largest absolute Gasteiger partial charge is 0.482 e. The molecule has 0 saturated carbocycles.